The lowest BCUT2D eigenvalue weighted by Crippen LogP contribution is -2.18. The number of methoxy groups -OCH3 is 1. The Morgan fingerprint density at radius 2 is 1.77 bits per heavy atom. The molecule has 0 amide bonds. The van der Waals surface area contributed by atoms with Crippen LogP contribution in [0.5, 0.6) is 11.5 Å². The van der Waals surface area contributed by atoms with E-state index in [0.717, 1.165) is 43.2 Å². The highest BCUT2D eigenvalue weighted by Crippen LogP contribution is 2.32. The standard InChI is InChI=1S/C22H31NO3/c1-17(2)25-14-8-13-23-15-19-11-7-12-21(24-4)22(19)26-16-20-10-6-5-9-18(20)3/h5-7,9-12,17,23H,8,13-16H2,1-4H3. The Hall–Kier alpha value is -2.04. The molecule has 2 rings (SSSR count). The molecule has 142 valence electrons. The van der Waals surface area contributed by atoms with E-state index < -0.39 is 0 Å². The van der Waals surface area contributed by atoms with Gasteiger partial charge in [-0.2, -0.15) is 0 Å². The summed E-state index contributed by atoms with van der Waals surface area (Å²) >= 11 is 0. The van der Waals surface area contributed by atoms with Crippen molar-refractivity contribution in [2.45, 2.75) is 46.4 Å². The number of ether oxygens (including phenoxy) is 3. The third-order valence-corrected chi connectivity index (χ3v) is 4.18. The molecule has 0 aliphatic heterocycles. The Balaban J connectivity index is 1.95. The van der Waals surface area contributed by atoms with Crippen molar-refractivity contribution in [2.75, 3.05) is 20.3 Å². The third kappa shape index (κ3) is 6.36. The minimum atomic E-state index is 0.287. The number of benzene rings is 2. The molecule has 0 saturated carbocycles. The molecule has 0 aromatic heterocycles. The highest BCUT2D eigenvalue weighted by molar-refractivity contribution is 5.46. The molecule has 0 saturated heterocycles. The summed E-state index contributed by atoms with van der Waals surface area (Å²) in [6.45, 7) is 9.16. The average Bonchev–Trinajstić information content (AvgIpc) is 2.64. The van der Waals surface area contributed by atoms with Gasteiger partial charge in [-0.25, -0.2) is 0 Å². The topological polar surface area (TPSA) is 39.7 Å². The summed E-state index contributed by atoms with van der Waals surface area (Å²) in [6, 6.07) is 14.3. The lowest BCUT2D eigenvalue weighted by atomic mass is 10.1. The molecule has 2 aromatic rings. The number of nitrogens with one attached hydrogen (secondary N) is 1. The van der Waals surface area contributed by atoms with E-state index in [4.69, 9.17) is 14.2 Å². The summed E-state index contributed by atoms with van der Waals surface area (Å²) in [4.78, 5) is 0. The highest BCUT2D eigenvalue weighted by Gasteiger charge is 2.11. The first-order valence-corrected chi connectivity index (χ1v) is 9.27. The molecular weight excluding hydrogens is 326 g/mol. The number of aryl methyl sites for hydroxylation is 1. The molecule has 0 radical (unpaired) electrons. The zero-order valence-electron chi connectivity index (χ0n) is 16.4. The summed E-state index contributed by atoms with van der Waals surface area (Å²) < 4.78 is 17.2. The van der Waals surface area contributed by atoms with Crippen molar-refractivity contribution in [1.82, 2.24) is 5.32 Å². The second-order valence-electron chi connectivity index (χ2n) is 6.61. The Bertz CT molecular complexity index is 670. The Morgan fingerprint density at radius 3 is 2.50 bits per heavy atom. The van der Waals surface area contributed by atoms with Crippen LogP contribution >= 0.6 is 0 Å². The second-order valence-corrected chi connectivity index (χ2v) is 6.61. The SMILES string of the molecule is COc1cccc(CNCCCOC(C)C)c1OCc1ccccc1C. The van der Waals surface area contributed by atoms with Crippen molar-refractivity contribution >= 4 is 0 Å². The molecule has 26 heavy (non-hydrogen) atoms. The molecule has 4 heteroatoms. The van der Waals surface area contributed by atoms with E-state index in [1.54, 1.807) is 7.11 Å². The molecule has 0 heterocycles. The number of hydrogen-bond donors (Lipinski definition) is 1. The van der Waals surface area contributed by atoms with E-state index >= 15 is 0 Å². The van der Waals surface area contributed by atoms with E-state index in [1.807, 2.05) is 24.3 Å². The van der Waals surface area contributed by atoms with Crippen LogP contribution in [0.1, 0.15) is 37.0 Å². The summed E-state index contributed by atoms with van der Waals surface area (Å²) in [5, 5.41) is 3.46. The third-order valence-electron chi connectivity index (χ3n) is 4.18. The van der Waals surface area contributed by atoms with Crippen LogP contribution in [-0.4, -0.2) is 26.4 Å². The maximum atomic E-state index is 6.15. The van der Waals surface area contributed by atoms with Crippen molar-refractivity contribution in [1.29, 1.82) is 0 Å². The van der Waals surface area contributed by atoms with E-state index in [1.165, 1.54) is 11.1 Å². The number of para-hydroxylation sites is 1. The van der Waals surface area contributed by atoms with Crippen molar-refractivity contribution < 1.29 is 14.2 Å². The van der Waals surface area contributed by atoms with Gasteiger partial charge in [0.15, 0.2) is 11.5 Å². The van der Waals surface area contributed by atoms with E-state index in [-0.39, 0.29) is 6.10 Å². The molecule has 0 aliphatic carbocycles. The predicted molar refractivity (Wildman–Crippen MR) is 106 cm³/mol. The van der Waals surface area contributed by atoms with Crippen LogP contribution in [0.2, 0.25) is 0 Å². The lowest BCUT2D eigenvalue weighted by molar-refractivity contribution is 0.0770. The Labute approximate surface area is 157 Å². The average molecular weight is 357 g/mol. The summed E-state index contributed by atoms with van der Waals surface area (Å²) in [7, 11) is 1.68. The molecule has 1 N–H and O–H groups in total. The van der Waals surface area contributed by atoms with E-state index in [0.29, 0.717) is 6.61 Å². The fourth-order valence-corrected chi connectivity index (χ4v) is 2.69. The van der Waals surface area contributed by atoms with Gasteiger partial charge in [0.05, 0.1) is 13.2 Å². The molecule has 0 fully saturated rings. The van der Waals surface area contributed by atoms with Gasteiger partial charge in [0.2, 0.25) is 0 Å². The second kappa shape index (κ2) is 10.8. The summed E-state index contributed by atoms with van der Waals surface area (Å²) in [6.07, 6.45) is 1.27. The van der Waals surface area contributed by atoms with Crippen molar-refractivity contribution in [3.63, 3.8) is 0 Å². The summed E-state index contributed by atoms with van der Waals surface area (Å²) in [5.41, 5.74) is 3.51. The van der Waals surface area contributed by atoms with Crippen LogP contribution in [0.15, 0.2) is 42.5 Å². The quantitative estimate of drug-likeness (QED) is 0.602. The van der Waals surface area contributed by atoms with Gasteiger partial charge in [-0.15, -0.1) is 0 Å². The molecule has 0 atom stereocenters. The van der Waals surface area contributed by atoms with Gasteiger partial charge in [0.1, 0.15) is 6.61 Å². The van der Waals surface area contributed by atoms with Crippen LogP contribution < -0.4 is 14.8 Å². The van der Waals surface area contributed by atoms with E-state index in [2.05, 4.69) is 44.3 Å². The van der Waals surface area contributed by atoms with E-state index in [9.17, 15) is 0 Å². The molecular formula is C22H31NO3. The van der Waals surface area contributed by atoms with Gasteiger partial charge in [-0.05, 0) is 50.9 Å². The normalized spacial score (nSPS) is 11.0. The predicted octanol–water partition coefficient (Wildman–Crippen LogP) is 4.49. The van der Waals surface area contributed by atoms with Crippen molar-refractivity contribution in [3.8, 4) is 11.5 Å². The molecule has 0 aliphatic rings. The summed E-state index contributed by atoms with van der Waals surface area (Å²) in [5.74, 6) is 1.57. The maximum Gasteiger partial charge on any atom is 0.166 e. The van der Waals surface area contributed by atoms with Crippen LogP contribution in [0.4, 0.5) is 0 Å². The van der Waals surface area contributed by atoms with Crippen LogP contribution in [0, 0.1) is 6.92 Å². The first kappa shape index (κ1) is 20.3. The molecule has 4 nitrogen and oxygen atoms in total. The smallest absolute Gasteiger partial charge is 0.166 e. The van der Waals surface area contributed by atoms with Crippen LogP contribution in [0.3, 0.4) is 0 Å². The van der Waals surface area contributed by atoms with Gasteiger partial charge < -0.3 is 19.5 Å². The largest absolute Gasteiger partial charge is 0.493 e. The first-order chi connectivity index (χ1) is 12.6. The van der Waals surface area contributed by atoms with Crippen LogP contribution in [0.25, 0.3) is 0 Å². The van der Waals surface area contributed by atoms with Gasteiger partial charge in [-0.1, -0.05) is 36.4 Å². The minimum absolute atomic E-state index is 0.287. The van der Waals surface area contributed by atoms with Crippen molar-refractivity contribution in [2.24, 2.45) is 0 Å². The Kier molecular flexibility index (Phi) is 8.45. The lowest BCUT2D eigenvalue weighted by Gasteiger charge is -2.16. The fourth-order valence-electron chi connectivity index (χ4n) is 2.69. The zero-order valence-corrected chi connectivity index (χ0v) is 16.4. The first-order valence-electron chi connectivity index (χ1n) is 9.27. The number of rotatable bonds is 11. The van der Waals surface area contributed by atoms with Crippen molar-refractivity contribution in [3.05, 3.63) is 59.2 Å². The highest BCUT2D eigenvalue weighted by atomic mass is 16.5. The minimum Gasteiger partial charge on any atom is -0.493 e. The molecule has 0 bridgehead atoms. The Morgan fingerprint density at radius 1 is 1.00 bits per heavy atom. The molecule has 2 aromatic carbocycles. The van der Waals surface area contributed by atoms with Gasteiger partial charge in [0.25, 0.3) is 0 Å². The molecule has 0 spiro atoms. The van der Waals surface area contributed by atoms with Gasteiger partial charge >= 0.3 is 0 Å². The van der Waals surface area contributed by atoms with Crippen LogP contribution in [-0.2, 0) is 17.9 Å². The number of hydrogen-bond acceptors (Lipinski definition) is 4. The van der Waals surface area contributed by atoms with Gasteiger partial charge in [0, 0.05) is 18.7 Å². The zero-order chi connectivity index (χ0) is 18.8. The molecule has 0 unspecified atom stereocenters. The monoisotopic (exact) mass is 357 g/mol. The fraction of sp³-hybridized carbons (Fsp3) is 0.455. The maximum absolute atomic E-state index is 6.15. The van der Waals surface area contributed by atoms with Gasteiger partial charge in [-0.3, -0.25) is 0 Å².